The molecule has 0 atom stereocenters. The number of nitrogens with one attached hydrogen (secondary N) is 1. The number of aromatic nitrogens is 2. The zero-order chi connectivity index (χ0) is 16.2. The summed E-state index contributed by atoms with van der Waals surface area (Å²) in [6.45, 7) is 1.98. The zero-order valence-corrected chi connectivity index (χ0v) is 13.3. The third kappa shape index (κ3) is 3.57. The van der Waals surface area contributed by atoms with Gasteiger partial charge in [-0.3, -0.25) is 9.48 Å². The number of hydrogen-bond acceptors (Lipinski definition) is 3. The molecule has 0 spiro atoms. The molecule has 0 bridgehead atoms. The minimum Gasteiger partial charge on any atom is -0.271 e. The molecule has 0 aliphatic rings. The molecule has 1 heterocycles. The lowest BCUT2D eigenvalue weighted by atomic mass is 10.2. The summed E-state index contributed by atoms with van der Waals surface area (Å²) in [5, 5.41) is 9.93. The maximum absolute atomic E-state index is 12.0. The molecule has 116 valence electrons. The van der Waals surface area contributed by atoms with E-state index in [0.717, 1.165) is 22.2 Å². The maximum atomic E-state index is 12.0. The van der Waals surface area contributed by atoms with Crippen molar-refractivity contribution in [3.8, 4) is 0 Å². The van der Waals surface area contributed by atoms with Gasteiger partial charge in [-0.15, -0.1) is 0 Å². The number of hydrazone groups is 1. The average Bonchev–Trinajstić information content (AvgIpc) is 2.84. The molecule has 23 heavy (non-hydrogen) atoms. The van der Waals surface area contributed by atoms with Gasteiger partial charge in [0.2, 0.25) is 0 Å². The van der Waals surface area contributed by atoms with Gasteiger partial charge >= 0.3 is 0 Å². The lowest BCUT2D eigenvalue weighted by Gasteiger charge is -2.02. The van der Waals surface area contributed by atoms with Gasteiger partial charge in [0, 0.05) is 10.4 Å². The van der Waals surface area contributed by atoms with E-state index >= 15 is 0 Å². The van der Waals surface area contributed by atoms with Crippen molar-refractivity contribution in [1.82, 2.24) is 15.2 Å². The Balaban J connectivity index is 1.71. The van der Waals surface area contributed by atoms with Gasteiger partial charge in [0.15, 0.2) is 0 Å². The van der Waals surface area contributed by atoms with Crippen molar-refractivity contribution in [1.29, 1.82) is 0 Å². The number of amides is 1. The SMILES string of the molecule is Cc1nn(CC(=O)N/N=C\c2ccccc2)c2cc(Cl)ccc12. The molecule has 2 aromatic carbocycles. The summed E-state index contributed by atoms with van der Waals surface area (Å²) in [6.07, 6.45) is 1.60. The van der Waals surface area contributed by atoms with Crippen molar-refractivity contribution >= 4 is 34.6 Å². The molecule has 6 heteroatoms. The molecule has 0 saturated heterocycles. The Kier molecular flexibility index (Phi) is 4.39. The van der Waals surface area contributed by atoms with E-state index < -0.39 is 0 Å². The first-order valence-corrected chi connectivity index (χ1v) is 7.51. The van der Waals surface area contributed by atoms with E-state index in [1.54, 1.807) is 17.0 Å². The van der Waals surface area contributed by atoms with Crippen molar-refractivity contribution < 1.29 is 4.79 Å². The van der Waals surface area contributed by atoms with E-state index in [9.17, 15) is 4.79 Å². The molecular weight excluding hydrogens is 312 g/mol. The molecule has 0 aliphatic carbocycles. The van der Waals surface area contributed by atoms with E-state index in [1.165, 1.54) is 0 Å². The highest BCUT2D eigenvalue weighted by molar-refractivity contribution is 6.31. The topological polar surface area (TPSA) is 59.3 Å². The molecule has 0 unspecified atom stereocenters. The van der Waals surface area contributed by atoms with E-state index in [-0.39, 0.29) is 12.5 Å². The normalized spacial score (nSPS) is 11.2. The summed E-state index contributed by atoms with van der Waals surface area (Å²) in [6, 6.07) is 15.1. The number of benzene rings is 2. The van der Waals surface area contributed by atoms with Crippen LogP contribution in [0.3, 0.4) is 0 Å². The lowest BCUT2D eigenvalue weighted by Crippen LogP contribution is -2.23. The molecule has 1 amide bonds. The molecule has 0 aliphatic heterocycles. The monoisotopic (exact) mass is 326 g/mol. The van der Waals surface area contributed by atoms with Crippen molar-refractivity contribution in [2.24, 2.45) is 5.10 Å². The van der Waals surface area contributed by atoms with Crippen molar-refractivity contribution in [2.45, 2.75) is 13.5 Å². The summed E-state index contributed by atoms with van der Waals surface area (Å²) >= 11 is 6.02. The predicted molar refractivity (Wildman–Crippen MR) is 91.7 cm³/mol. The number of rotatable bonds is 4. The first-order chi connectivity index (χ1) is 11.1. The van der Waals surface area contributed by atoms with Gasteiger partial charge in [0.25, 0.3) is 5.91 Å². The summed E-state index contributed by atoms with van der Waals surface area (Å²) in [5.74, 6) is -0.249. The van der Waals surface area contributed by atoms with Crippen LogP contribution in [-0.4, -0.2) is 21.9 Å². The lowest BCUT2D eigenvalue weighted by molar-refractivity contribution is -0.121. The second-order valence-electron chi connectivity index (χ2n) is 5.11. The van der Waals surface area contributed by atoms with Crippen LogP contribution in [0.5, 0.6) is 0 Å². The van der Waals surface area contributed by atoms with Crippen molar-refractivity contribution in [3.63, 3.8) is 0 Å². The third-order valence-electron chi connectivity index (χ3n) is 3.39. The number of hydrogen-bond donors (Lipinski definition) is 1. The first-order valence-electron chi connectivity index (χ1n) is 7.13. The largest absolute Gasteiger partial charge is 0.271 e. The number of aryl methyl sites for hydroxylation is 1. The Hall–Kier alpha value is -2.66. The minimum atomic E-state index is -0.249. The maximum Gasteiger partial charge on any atom is 0.261 e. The Bertz CT molecular complexity index is 871. The smallest absolute Gasteiger partial charge is 0.261 e. The highest BCUT2D eigenvalue weighted by atomic mass is 35.5. The fourth-order valence-corrected chi connectivity index (χ4v) is 2.49. The molecule has 0 saturated carbocycles. The second kappa shape index (κ2) is 6.62. The van der Waals surface area contributed by atoms with Crippen LogP contribution in [0, 0.1) is 6.92 Å². The van der Waals surface area contributed by atoms with Gasteiger partial charge in [0.05, 0.1) is 17.4 Å². The Morgan fingerprint density at radius 3 is 2.87 bits per heavy atom. The molecule has 5 nitrogen and oxygen atoms in total. The van der Waals surface area contributed by atoms with E-state index in [2.05, 4.69) is 15.6 Å². The van der Waals surface area contributed by atoms with Crippen LogP contribution in [0.2, 0.25) is 5.02 Å². The fourth-order valence-electron chi connectivity index (χ4n) is 2.32. The zero-order valence-electron chi connectivity index (χ0n) is 12.5. The summed E-state index contributed by atoms with van der Waals surface area (Å²) in [4.78, 5) is 12.0. The van der Waals surface area contributed by atoms with Gasteiger partial charge in [-0.25, -0.2) is 5.43 Å². The van der Waals surface area contributed by atoms with Crippen LogP contribution in [0.1, 0.15) is 11.3 Å². The van der Waals surface area contributed by atoms with Gasteiger partial charge in [-0.2, -0.15) is 10.2 Å². The van der Waals surface area contributed by atoms with Crippen LogP contribution in [0.4, 0.5) is 0 Å². The number of nitrogens with zero attached hydrogens (tertiary/aromatic N) is 3. The molecule has 3 aromatic rings. The quantitative estimate of drug-likeness (QED) is 0.591. The number of fused-ring (bicyclic) bond motifs is 1. The molecule has 0 radical (unpaired) electrons. The summed E-state index contributed by atoms with van der Waals surface area (Å²) in [7, 11) is 0. The standard InChI is InChI=1S/C17H15ClN4O/c1-12-15-8-7-14(18)9-16(15)22(21-12)11-17(23)20-19-10-13-5-3-2-4-6-13/h2-10H,11H2,1H3,(H,20,23)/b19-10-. The van der Waals surface area contributed by atoms with Crippen molar-refractivity contribution in [2.75, 3.05) is 0 Å². The van der Waals surface area contributed by atoms with Crippen LogP contribution in [0.25, 0.3) is 10.9 Å². The van der Waals surface area contributed by atoms with Gasteiger partial charge in [0.1, 0.15) is 6.54 Å². The van der Waals surface area contributed by atoms with Gasteiger partial charge in [-0.05, 0) is 30.7 Å². The summed E-state index contributed by atoms with van der Waals surface area (Å²) in [5.41, 5.74) is 5.11. The van der Waals surface area contributed by atoms with E-state index in [0.29, 0.717) is 5.02 Å². The van der Waals surface area contributed by atoms with E-state index in [4.69, 9.17) is 11.6 Å². The Morgan fingerprint density at radius 1 is 1.30 bits per heavy atom. The van der Waals surface area contributed by atoms with Crippen LogP contribution in [0.15, 0.2) is 53.6 Å². The molecule has 3 rings (SSSR count). The second-order valence-corrected chi connectivity index (χ2v) is 5.54. The highest BCUT2D eigenvalue weighted by Crippen LogP contribution is 2.22. The highest BCUT2D eigenvalue weighted by Gasteiger charge is 2.10. The molecule has 1 N–H and O–H groups in total. The Morgan fingerprint density at radius 2 is 2.09 bits per heavy atom. The van der Waals surface area contributed by atoms with Crippen LogP contribution in [-0.2, 0) is 11.3 Å². The van der Waals surface area contributed by atoms with Crippen LogP contribution < -0.4 is 5.43 Å². The van der Waals surface area contributed by atoms with E-state index in [1.807, 2.05) is 49.4 Å². The van der Waals surface area contributed by atoms with Gasteiger partial charge < -0.3 is 0 Å². The third-order valence-corrected chi connectivity index (χ3v) is 3.63. The minimum absolute atomic E-state index is 0.0802. The fraction of sp³-hybridized carbons (Fsp3) is 0.118. The van der Waals surface area contributed by atoms with Crippen molar-refractivity contribution in [3.05, 3.63) is 64.8 Å². The predicted octanol–water partition coefficient (Wildman–Crippen LogP) is 3.15. The first kappa shape index (κ1) is 15.2. The summed E-state index contributed by atoms with van der Waals surface area (Å²) < 4.78 is 1.63. The Labute approximate surface area is 138 Å². The number of carbonyl (C=O) groups is 1. The molecule has 1 aromatic heterocycles. The molecular formula is C17H15ClN4O. The number of halogens is 1. The van der Waals surface area contributed by atoms with Gasteiger partial charge in [-0.1, -0.05) is 41.9 Å². The average molecular weight is 327 g/mol. The number of carbonyl (C=O) groups excluding carboxylic acids is 1. The molecule has 0 fully saturated rings. The van der Waals surface area contributed by atoms with Crippen LogP contribution >= 0.6 is 11.6 Å².